The van der Waals surface area contributed by atoms with Crippen LogP contribution < -0.4 is 0 Å². The van der Waals surface area contributed by atoms with Crippen LogP contribution in [-0.2, 0) is 21.2 Å². The summed E-state index contributed by atoms with van der Waals surface area (Å²) in [4.78, 5) is 14.0. The summed E-state index contributed by atoms with van der Waals surface area (Å²) >= 11 is 0. The number of carbonyl (C=O) groups excluding carboxylic acids is 1. The van der Waals surface area contributed by atoms with Gasteiger partial charge in [0.2, 0.25) is 15.9 Å². The molecular weight excluding hydrogens is 364 g/mol. The Bertz CT molecular complexity index is 729. The number of likely N-dealkylation sites (tertiary alicyclic amines) is 1. The summed E-state index contributed by atoms with van der Waals surface area (Å²) in [6.07, 6.45) is 1.20. The normalized spacial score (nSPS) is 20.6. The van der Waals surface area contributed by atoms with Gasteiger partial charge in [0, 0.05) is 39.5 Å². The molecule has 0 aromatic heterocycles. The molecule has 2 rings (SSSR count). The van der Waals surface area contributed by atoms with E-state index in [0.717, 1.165) is 17.1 Å². The van der Waals surface area contributed by atoms with Crippen LogP contribution in [0.5, 0.6) is 0 Å². The van der Waals surface area contributed by atoms with Gasteiger partial charge in [0.25, 0.3) is 0 Å². The first kappa shape index (κ1) is 21.9. The number of amides is 1. The van der Waals surface area contributed by atoms with Crippen molar-refractivity contribution in [1.82, 2.24) is 9.21 Å². The molecule has 1 fully saturated rings. The molecule has 1 aromatic rings. The number of nitrogens with zero attached hydrogens (tertiary/aromatic N) is 2. The van der Waals surface area contributed by atoms with Gasteiger partial charge in [-0.2, -0.15) is 0 Å². The van der Waals surface area contributed by atoms with E-state index in [2.05, 4.69) is 38.1 Å². The summed E-state index contributed by atoms with van der Waals surface area (Å²) in [5.41, 5.74) is 2.52. The van der Waals surface area contributed by atoms with Crippen molar-refractivity contribution in [2.45, 2.75) is 45.1 Å². The van der Waals surface area contributed by atoms with Gasteiger partial charge in [-0.15, -0.1) is 0 Å². The second-order valence-corrected chi connectivity index (χ2v) is 10.2. The van der Waals surface area contributed by atoms with Crippen molar-refractivity contribution in [3.8, 4) is 0 Å². The lowest BCUT2D eigenvalue weighted by atomic mass is 10.00. The van der Waals surface area contributed by atoms with Gasteiger partial charge < -0.3 is 10.0 Å². The zero-order valence-electron chi connectivity index (χ0n) is 16.8. The third-order valence-electron chi connectivity index (χ3n) is 5.24. The van der Waals surface area contributed by atoms with Crippen molar-refractivity contribution >= 4 is 15.9 Å². The largest absolute Gasteiger partial charge is 0.391 e. The number of carbonyl (C=O) groups is 1. The summed E-state index contributed by atoms with van der Waals surface area (Å²) in [7, 11) is -0.432. The van der Waals surface area contributed by atoms with Crippen LogP contribution in [0.25, 0.3) is 0 Å². The molecule has 2 atom stereocenters. The predicted octanol–water partition coefficient (Wildman–Crippen LogP) is 1.84. The fourth-order valence-electron chi connectivity index (χ4n) is 3.31. The molecule has 152 valence electrons. The SMILES string of the molecule is CC(C)c1ccc(CCCC(=O)N2C[C@@H](CS(=O)(=O)N(C)C)[C@@H](O)C2)cc1. The lowest BCUT2D eigenvalue weighted by molar-refractivity contribution is -0.130. The fourth-order valence-corrected chi connectivity index (χ4v) is 4.48. The van der Waals surface area contributed by atoms with Gasteiger partial charge >= 0.3 is 0 Å². The smallest absolute Gasteiger partial charge is 0.222 e. The van der Waals surface area contributed by atoms with Gasteiger partial charge in [0.15, 0.2) is 0 Å². The molecule has 1 aliphatic rings. The van der Waals surface area contributed by atoms with Crippen molar-refractivity contribution in [2.24, 2.45) is 5.92 Å². The molecule has 1 N–H and O–H groups in total. The Morgan fingerprint density at radius 3 is 2.41 bits per heavy atom. The van der Waals surface area contributed by atoms with Crippen LogP contribution in [0.2, 0.25) is 0 Å². The highest BCUT2D eigenvalue weighted by Gasteiger charge is 2.37. The van der Waals surface area contributed by atoms with Crippen LogP contribution in [0.1, 0.15) is 43.7 Å². The van der Waals surface area contributed by atoms with Crippen LogP contribution in [0.3, 0.4) is 0 Å². The summed E-state index contributed by atoms with van der Waals surface area (Å²) in [5, 5.41) is 10.2. The van der Waals surface area contributed by atoms with Crippen molar-refractivity contribution in [3.05, 3.63) is 35.4 Å². The number of aryl methyl sites for hydroxylation is 1. The molecule has 0 spiro atoms. The lowest BCUT2D eigenvalue weighted by Gasteiger charge is -2.18. The maximum atomic E-state index is 12.4. The standard InChI is InChI=1S/C20H32N2O4S/c1-15(2)17-10-8-16(9-11-17)6-5-7-20(24)22-12-18(19(23)13-22)14-27(25,26)21(3)4/h8-11,15,18-19,23H,5-7,12-14H2,1-4H3/t18-,19-/m0/s1. The minimum atomic E-state index is -3.39. The van der Waals surface area contributed by atoms with Crippen molar-refractivity contribution in [1.29, 1.82) is 0 Å². The minimum Gasteiger partial charge on any atom is -0.391 e. The van der Waals surface area contributed by atoms with Gasteiger partial charge in [-0.3, -0.25) is 4.79 Å². The first-order valence-corrected chi connectivity index (χ1v) is 11.2. The van der Waals surface area contributed by atoms with Crippen molar-refractivity contribution in [2.75, 3.05) is 32.9 Å². The topological polar surface area (TPSA) is 77.9 Å². The molecular formula is C20H32N2O4S. The van der Waals surface area contributed by atoms with E-state index in [1.807, 2.05) is 0 Å². The number of benzene rings is 1. The Hall–Kier alpha value is -1.44. The van der Waals surface area contributed by atoms with E-state index in [1.54, 1.807) is 4.90 Å². The lowest BCUT2D eigenvalue weighted by Crippen LogP contribution is -2.33. The minimum absolute atomic E-state index is 0.0161. The number of hydrogen-bond acceptors (Lipinski definition) is 4. The summed E-state index contributed by atoms with van der Waals surface area (Å²) in [6.45, 7) is 4.84. The molecule has 1 heterocycles. The Morgan fingerprint density at radius 2 is 1.85 bits per heavy atom. The second kappa shape index (κ2) is 9.17. The Morgan fingerprint density at radius 1 is 1.22 bits per heavy atom. The Balaban J connectivity index is 1.81. The molecule has 0 bridgehead atoms. The number of sulfonamides is 1. The third kappa shape index (κ3) is 6.02. The van der Waals surface area contributed by atoms with Gasteiger partial charge in [0.1, 0.15) is 0 Å². The van der Waals surface area contributed by atoms with Crippen LogP contribution in [-0.4, -0.2) is 67.7 Å². The maximum Gasteiger partial charge on any atom is 0.222 e. The molecule has 0 saturated carbocycles. The molecule has 1 amide bonds. The van der Waals surface area contributed by atoms with E-state index >= 15 is 0 Å². The average molecular weight is 397 g/mol. The number of aliphatic hydroxyl groups excluding tert-OH is 1. The molecule has 0 aliphatic carbocycles. The zero-order chi connectivity index (χ0) is 20.2. The number of aliphatic hydroxyl groups is 1. The molecule has 1 aromatic carbocycles. The highest BCUT2D eigenvalue weighted by molar-refractivity contribution is 7.89. The van der Waals surface area contributed by atoms with Crippen LogP contribution in [0, 0.1) is 5.92 Å². The second-order valence-electron chi connectivity index (χ2n) is 7.94. The van der Waals surface area contributed by atoms with Crippen LogP contribution >= 0.6 is 0 Å². The summed E-state index contributed by atoms with van der Waals surface area (Å²) in [5.74, 6) is -0.0679. The van der Waals surface area contributed by atoms with E-state index in [-0.39, 0.29) is 18.2 Å². The maximum absolute atomic E-state index is 12.4. The molecule has 1 saturated heterocycles. The number of rotatable bonds is 8. The van der Waals surface area contributed by atoms with E-state index in [1.165, 1.54) is 25.2 Å². The van der Waals surface area contributed by atoms with E-state index < -0.39 is 22.0 Å². The van der Waals surface area contributed by atoms with Gasteiger partial charge in [-0.05, 0) is 29.9 Å². The zero-order valence-corrected chi connectivity index (χ0v) is 17.6. The monoisotopic (exact) mass is 396 g/mol. The predicted molar refractivity (Wildman–Crippen MR) is 107 cm³/mol. The van der Waals surface area contributed by atoms with Crippen molar-refractivity contribution < 1.29 is 18.3 Å². The van der Waals surface area contributed by atoms with Crippen LogP contribution in [0.15, 0.2) is 24.3 Å². The quantitative estimate of drug-likeness (QED) is 0.727. The third-order valence-corrected chi connectivity index (χ3v) is 7.20. The van der Waals surface area contributed by atoms with Gasteiger partial charge in [-0.25, -0.2) is 12.7 Å². The molecule has 6 nitrogen and oxygen atoms in total. The molecule has 7 heteroatoms. The Labute approximate surface area is 163 Å². The summed E-state index contributed by atoms with van der Waals surface area (Å²) in [6, 6.07) is 8.49. The van der Waals surface area contributed by atoms with E-state index in [9.17, 15) is 18.3 Å². The molecule has 0 radical (unpaired) electrons. The number of hydrogen-bond donors (Lipinski definition) is 1. The number of β-amino-alcohol motifs (C(OH)–C–C–N with tert-alkyl or cyclic N) is 1. The van der Waals surface area contributed by atoms with E-state index in [4.69, 9.17) is 0 Å². The molecule has 0 unspecified atom stereocenters. The summed E-state index contributed by atoms with van der Waals surface area (Å²) < 4.78 is 25.2. The van der Waals surface area contributed by atoms with Crippen LogP contribution in [0.4, 0.5) is 0 Å². The highest BCUT2D eigenvalue weighted by atomic mass is 32.2. The molecule has 27 heavy (non-hydrogen) atoms. The van der Waals surface area contributed by atoms with Gasteiger partial charge in [-0.1, -0.05) is 38.1 Å². The van der Waals surface area contributed by atoms with E-state index in [0.29, 0.717) is 18.9 Å². The van der Waals surface area contributed by atoms with Crippen molar-refractivity contribution in [3.63, 3.8) is 0 Å². The first-order chi connectivity index (χ1) is 12.6. The average Bonchev–Trinajstić information content (AvgIpc) is 2.95. The highest BCUT2D eigenvalue weighted by Crippen LogP contribution is 2.21. The Kier molecular flexibility index (Phi) is 7.42. The van der Waals surface area contributed by atoms with Gasteiger partial charge in [0.05, 0.1) is 11.9 Å². The molecule has 1 aliphatic heterocycles. The first-order valence-electron chi connectivity index (χ1n) is 9.55. The fraction of sp³-hybridized carbons (Fsp3) is 0.650.